The third-order valence-electron chi connectivity index (χ3n) is 3.75. The van der Waals surface area contributed by atoms with E-state index in [4.69, 9.17) is 4.74 Å². The molecule has 0 saturated carbocycles. The van der Waals surface area contributed by atoms with Gasteiger partial charge in [0.15, 0.2) is 0 Å². The zero-order chi connectivity index (χ0) is 16.5. The van der Waals surface area contributed by atoms with Crippen LogP contribution in [0.25, 0.3) is 0 Å². The van der Waals surface area contributed by atoms with Gasteiger partial charge >= 0.3 is 0 Å². The molecule has 23 heavy (non-hydrogen) atoms. The maximum atomic E-state index is 11.7. The Morgan fingerprint density at radius 2 is 1.83 bits per heavy atom. The molecule has 0 bridgehead atoms. The number of amides is 1. The first-order valence-electron chi connectivity index (χ1n) is 7.81. The largest absolute Gasteiger partial charge is 0.497 e. The van der Waals surface area contributed by atoms with Crippen molar-refractivity contribution in [3.63, 3.8) is 0 Å². The number of methoxy groups -OCH3 is 1. The van der Waals surface area contributed by atoms with E-state index in [1.165, 1.54) is 11.1 Å². The first-order valence-corrected chi connectivity index (χ1v) is 7.81. The van der Waals surface area contributed by atoms with Crippen molar-refractivity contribution in [1.82, 2.24) is 5.32 Å². The molecule has 1 amide bonds. The van der Waals surface area contributed by atoms with Crippen LogP contribution < -0.4 is 10.1 Å². The molecule has 3 nitrogen and oxygen atoms in total. The minimum absolute atomic E-state index is 0.0526. The first kappa shape index (κ1) is 16.8. The van der Waals surface area contributed by atoms with Crippen molar-refractivity contribution in [2.45, 2.75) is 19.3 Å². The summed E-state index contributed by atoms with van der Waals surface area (Å²) in [7, 11) is 1.67. The van der Waals surface area contributed by atoms with Crippen LogP contribution in [0.1, 0.15) is 24.0 Å². The molecule has 1 unspecified atom stereocenters. The summed E-state index contributed by atoms with van der Waals surface area (Å²) >= 11 is 0. The van der Waals surface area contributed by atoms with E-state index in [-0.39, 0.29) is 11.8 Å². The van der Waals surface area contributed by atoms with Crippen LogP contribution in [0.2, 0.25) is 0 Å². The van der Waals surface area contributed by atoms with Crippen molar-refractivity contribution in [1.29, 1.82) is 0 Å². The molecule has 0 aromatic heterocycles. The lowest BCUT2D eigenvalue weighted by atomic mass is 9.92. The van der Waals surface area contributed by atoms with Gasteiger partial charge < -0.3 is 10.1 Å². The topological polar surface area (TPSA) is 38.3 Å². The number of hydrogen-bond acceptors (Lipinski definition) is 2. The molecule has 1 atom stereocenters. The van der Waals surface area contributed by atoms with E-state index in [0.29, 0.717) is 6.54 Å². The SMILES string of the molecule is C/C=C/C(=O)NCC(Cc1ccc(OC)cc1)c1ccccc1. The molecule has 0 spiro atoms. The van der Waals surface area contributed by atoms with Crippen LogP contribution in [0.3, 0.4) is 0 Å². The smallest absolute Gasteiger partial charge is 0.243 e. The van der Waals surface area contributed by atoms with Gasteiger partial charge in [0, 0.05) is 12.5 Å². The molecule has 0 radical (unpaired) electrons. The number of nitrogens with one attached hydrogen (secondary N) is 1. The summed E-state index contributed by atoms with van der Waals surface area (Å²) in [5.41, 5.74) is 2.45. The molecule has 0 aliphatic heterocycles. The average Bonchev–Trinajstić information content (AvgIpc) is 2.60. The molecular formula is C20H23NO2. The second-order valence-electron chi connectivity index (χ2n) is 5.40. The molecular weight excluding hydrogens is 286 g/mol. The van der Waals surface area contributed by atoms with Crippen molar-refractivity contribution >= 4 is 5.91 Å². The van der Waals surface area contributed by atoms with Gasteiger partial charge in [-0.2, -0.15) is 0 Å². The van der Waals surface area contributed by atoms with Crippen LogP contribution in [0, 0.1) is 0 Å². The fourth-order valence-corrected chi connectivity index (χ4v) is 2.51. The Morgan fingerprint density at radius 1 is 1.13 bits per heavy atom. The van der Waals surface area contributed by atoms with Crippen LogP contribution in [0.5, 0.6) is 5.75 Å². The van der Waals surface area contributed by atoms with Gasteiger partial charge in [-0.05, 0) is 42.7 Å². The Balaban J connectivity index is 2.10. The average molecular weight is 309 g/mol. The van der Waals surface area contributed by atoms with Crippen LogP contribution in [-0.4, -0.2) is 19.6 Å². The first-order chi connectivity index (χ1) is 11.2. The molecule has 0 fully saturated rings. The monoisotopic (exact) mass is 309 g/mol. The summed E-state index contributed by atoms with van der Waals surface area (Å²) in [6.45, 7) is 2.45. The van der Waals surface area contributed by atoms with Crippen LogP contribution in [0.4, 0.5) is 0 Å². The summed E-state index contributed by atoms with van der Waals surface area (Å²) < 4.78 is 5.20. The molecule has 2 aromatic rings. The van der Waals surface area contributed by atoms with Gasteiger partial charge in [-0.15, -0.1) is 0 Å². The highest BCUT2D eigenvalue weighted by atomic mass is 16.5. The highest BCUT2D eigenvalue weighted by Crippen LogP contribution is 2.22. The van der Waals surface area contributed by atoms with Gasteiger partial charge in [0.2, 0.25) is 5.91 Å². The molecule has 120 valence electrons. The number of hydrogen-bond donors (Lipinski definition) is 1. The standard InChI is InChI=1S/C20H23NO2/c1-3-7-20(22)21-15-18(17-8-5-4-6-9-17)14-16-10-12-19(23-2)13-11-16/h3-13,18H,14-15H2,1-2H3,(H,21,22)/b7-3+. The minimum Gasteiger partial charge on any atom is -0.497 e. The van der Waals surface area contributed by atoms with E-state index < -0.39 is 0 Å². The van der Waals surface area contributed by atoms with Crippen molar-refractivity contribution < 1.29 is 9.53 Å². The normalized spacial score (nSPS) is 12.1. The van der Waals surface area contributed by atoms with E-state index in [0.717, 1.165) is 12.2 Å². The van der Waals surface area contributed by atoms with E-state index in [1.54, 1.807) is 19.3 Å². The molecule has 1 N–H and O–H groups in total. The van der Waals surface area contributed by atoms with E-state index >= 15 is 0 Å². The molecule has 2 aromatic carbocycles. The van der Waals surface area contributed by atoms with Gasteiger partial charge in [0.25, 0.3) is 0 Å². The van der Waals surface area contributed by atoms with E-state index in [9.17, 15) is 4.79 Å². The Labute approximate surface area is 138 Å². The highest BCUT2D eigenvalue weighted by Gasteiger charge is 2.13. The number of rotatable bonds is 7. The maximum Gasteiger partial charge on any atom is 0.243 e. The summed E-state index contributed by atoms with van der Waals surface area (Å²) in [6, 6.07) is 18.4. The van der Waals surface area contributed by atoms with Gasteiger partial charge in [0.1, 0.15) is 5.75 Å². The quantitative estimate of drug-likeness (QED) is 0.792. The number of carbonyl (C=O) groups excluding carboxylic acids is 1. The number of carbonyl (C=O) groups is 1. The van der Waals surface area contributed by atoms with Crippen molar-refractivity contribution in [3.05, 3.63) is 77.9 Å². The molecule has 0 aliphatic carbocycles. The van der Waals surface area contributed by atoms with Gasteiger partial charge in [-0.1, -0.05) is 48.5 Å². The van der Waals surface area contributed by atoms with Crippen molar-refractivity contribution in [3.8, 4) is 5.75 Å². The van der Waals surface area contributed by atoms with Gasteiger partial charge in [0.05, 0.1) is 7.11 Å². The Kier molecular flexibility index (Phi) is 6.42. The Hall–Kier alpha value is -2.55. The highest BCUT2D eigenvalue weighted by molar-refractivity contribution is 5.87. The second-order valence-corrected chi connectivity index (χ2v) is 5.40. The number of allylic oxidation sites excluding steroid dienone is 1. The van der Waals surface area contributed by atoms with Gasteiger partial charge in [-0.25, -0.2) is 0 Å². The fourth-order valence-electron chi connectivity index (χ4n) is 2.51. The second kappa shape index (κ2) is 8.79. The van der Waals surface area contributed by atoms with Gasteiger partial charge in [-0.3, -0.25) is 4.79 Å². The maximum absolute atomic E-state index is 11.7. The number of benzene rings is 2. The molecule has 0 heterocycles. The molecule has 0 saturated heterocycles. The Morgan fingerprint density at radius 3 is 2.43 bits per heavy atom. The predicted octanol–water partition coefficient (Wildman–Crippen LogP) is 3.71. The summed E-state index contributed by atoms with van der Waals surface area (Å²) in [6.07, 6.45) is 4.16. The third-order valence-corrected chi connectivity index (χ3v) is 3.75. The zero-order valence-corrected chi connectivity index (χ0v) is 13.7. The predicted molar refractivity (Wildman–Crippen MR) is 93.7 cm³/mol. The summed E-state index contributed by atoms with van der Waals surface area (Å²) in [5, 5.41) is 2.97. The summed E-state index contributed by atoms with van der Waals surface area (Å²) in [4.78, 5) is 11.7. The lowest BCUT2D eigenvalue weighted by Crippen LogP contribution is -2.27. The minimum atomic E-state index is -0.0526. The fraction of sp³-hybridized carbons (Fsp3) is 0.250. The van der Waals surface area contributed by atoms with Crippen molar-refractivity contribution in [2.75, 3.05) is 13.7 Å². The zero-order valence-electron chi connectivity index (χ0n) is 13.7. The molecule has 2 rings (SSSR count). The van der Waals surface area contributed by atoms with Crippen LogP contribution in [0.15, 0.2) is 66.7 Å². The number of ether oxygens (including phenoxy) is 1. The Bertz CT molecular complexity index is 632. The van der Waals surface area contributed by atoms with E-state index in [1.807, 2.05) is 37.3 Å². The molecule has 3 heteroatoms. The van der Waals surface area contributed by atoms with Crippen LogP contribution in [-0.2, 0) is 11.2 Å². The third kappa shape index (κ3) is 5.29. The lowest BCUT2D eigenvalue weighted by molar-refractivity contribution is -0.116. The van der Waals surface area contributed by atoms with Crippen molar-refractivity contribution in [2.24, 2.45) is 0 Å². The summed E-state index contributed by atoms with van der Waals surface area (Å²) in [5.74, 6) is 1.04. The lowest BCUT2D eigenvalue weighted by Gasteiger charge is -2.18. The van der Waals surface area contributed by atoms with E-state index in [2.05, 4.69) is 29.6 Å². The molecule has 0 aliphatic rings. The van der Waals surface area contributed by atoms with Crippen LogP contribution >= 0.6 is 0 Å².